The molecule has 2 nitrogen and oxygen atoms in total. The Labute approximate surface area is 106 Å². The smallest absolute Gasteiger partial charge is 0.126 e. The van der Waals surface area contributed by atoms with Crippen LogP contribution in [0.4, 0.5) is 8.78 Å². The molecule has 0 amide bonds. The Hall–Kier alpha value is -1.00. The Morgan fingerprint density at radius 2 is 1.89 bits per heavy atom. The maximum absolute atomic E-state index is 13.0. The van der Waals surface area contributed by atoms with Gasteiger partial charge in [-0.15, -0.1) is 0 Å². The molecule has 0 heterocycles. The normalized spacial score (nSPS) is 25.8. The number of hydrogen-bond donors (Lipinski definition) is 1. The lowest BCUT2D eigenvalue weighted by Crippen LogP contribution is -2.60. The number of ether oxygens (including phenoxy) is 1. The van der Waals surface area contributed by atoms with Gasteiger partial charge in [-0.05, 0) is 24.1 Å². The Bertz CT molecular complexity index is 414. The van der Waals surface area contributed by atoms with Crippen LogP contribution in [0.3, 0.4) is 0 Å². The molecule has 0 bridgehead atoms. The molecule has 2 rings (SSSR count). The maximum Gasteiger partial charge on any atom is 0.126 e. The summed E-state index contributed by atoms with van der Waals surface area (Å²) in [5.41, 5.74) is 0.685. The lowest BCUT2D eigenvalue weighted by atomic mass is 9.64. The average molecular weight is 255 g/mol. The van der Waals surface area contributed by atoms with Crippen molar-refractivity contribution in [1.29, 1.82) is 0 Å². The van der Waals surface area contributed by atoms with Gasteiger partial charge in [-0.1, -0.05) is 13.8 Å². The Kier molecular flexibility index (Phi) is 3.69. The summed E-state index contributed by atoms with van der Waals surface area (Å²) in [6.07, 6.45) is 1.18. The summed E-state index contributed by atoms with van der Waals surface area (Å²) in [7, 11) is 1.71. The van der Waals surface area contributed by atoms with Gasteiger partial charge in [0.05, 0.1) is 6.10 Å². The number of rotatable bonds is 4. The van der Waals surface area contributed by atoms with Crippen LogP contribution in [-0.4, -0.2) is 19.3 Å². The van der Waals surface area contributed by atoms with Gasteiger partial charge >= 0.3 is 0 Å². The summed E-state index contributed by atoms with van der Waals surface area (Å²) in [6.45, 7) is 4.74. The highest BCUT2D eigenvalue weighted by molar-refractivity contribution is 5.18. The van der Waals surface area contributed by atoms with Crippen molar-refractivity contribution < 1.29 is 13.5 Å². The van der Waals surface area contributed by atoms with Crippen molar-refractivity contribution in [2.24, 2.45) is 5.41 Å². The zero-order valence-electron chi connectivity index (χ0n) is 11.0. The van der Waals surface area contributed by atoms with Gasteiger partial charge in [0.15, 0.2) is 0 Å². The van der Waals surface area contributed by atoms with E-state index in [1.54, 1.807) is 7.11 Å². The molecule has 0 aliphatic heterocycles. The molecular formula is C14H19F2NO. The third-order valence-corrected chi connectivity index (χ3v) is 3.94. The monoisotopic (exact) mass is 255 g/mol. The van der Waals surface area contributed by atoms with Crippen molar-refractivity contribution in [2.45, 2.75) is 39.0 Å². The number of halogens is 2. The van der Waals surface area contributed by atoms with Gasteiger partial charge in [0, 0.05) is 31.2 Å². The molecule has 1 aliphatic carbocycles. The third kappa shape index (κ3) is 2.54. The van der Waals surface area contributed by atoms with Crippen LogP contribution in [0.1, 0.15) is 25.8 Å². The van der Waals surface area contributed by atoms with Crippen molar-refractivity contribution in [3.63, 3.8) is 0 Å². The maximum atomic E-state index is 13.0. The summed E-state index contributed by atoms with van der Waals surface area (Å²) >= 11 is 0. The minimum absolute atomic E-state index is 0.0562. The van der Waals surface area contributed by atoms with Crippen LogP contribution in [0.25, 0.3) is 0 Å². The topological polar surface area (TPSA) is 21.3 Å². The van der Waals surface area contributed by atoms with Gasteiger partial charge < -0.3 is 10.1 Å². The molecule has 2 unspecified atom stereocenters. The number of nitrogens with one attached hydrogen (secondary N) is 1. The van der Waals surface area contributed by atoms with Gasteiger partial charge in [-0.25, -0.2) is 8.78 Å². The van der Waals surface area contributed by atoms with Gasteiger partial charge in [-0.3, -0.25) is 0 Å². The van der Waals surface area contributed by atoms with Crippen LogP contribution in [-0.2, 0) is 11.3 Å². The first kappa shape index (κ1) is 13.4. The minimum atomic E-state index is -0.533. The molecule has 0 aromatic heterocycles. The van der Waals surface area contributed by atoms with Crippen molar-refractivity contribution in [2.75, 3.05) is 7.11 Å². The lowest BCUT2D eigenvalue weighted by molar-refractivity contribution is -0.0979. The molecule has 1 aliphatic rings. The highest BCUT2D eigenvalue weighted by Crippen LogP contribution is 2.42. The first-order valence-electron chi connectivity index (χ1n) is 6.14. The molecule has 1 aromatic carbocycles. The number of methoxy groups -OCH3 is 1. The predicted molar refractivity (Wildman–Crippen MR) is 66.2 cm³/mol. The van der Waals surface area contributed by atoms with E-state index in [1.165, 1.54) is 12.1 Å². The first-order chi connectivity index (χ1) is 8.43. The SMILES string of the molecule is COC1CC(NCc2cc(F)cc(F)c2)C1(C)C. The van der Waals surface area contributed by atoms with Crippen LogP contribution in [0.2, 0.25) is 0 Å². The minimum Gasteiger partial charge on any atom is -0.381 e. The summed E-state index contributed by atoms with van der Waals surface area (Å²) in [6, 6.07) is 3.91. The molecule has 18 heavy (non-hydrogen) atoms. The highest BCUT2D eigenvalue weighted by atomic mass is 19.1. The molecular weight excluding hydrogens is 236 g/mol. The lowest BCUT2D eigenvalue weighted by Gasteiger charge is -2.51. The molecule has 4 heteroatoms. The zero-order chi connectivity index (χ0) is 13.3. The van der Waals surface area contributed by atoms with Gasteiger partial charge in [0.25, 0.3) is 0 Å². The quantitative estimate of drug-likeness (QED) is 0.893. The van der Waals surface area contributed by atoms with Crippen molar-refractivity contribution >= 4 is 0 Å². The zero-order valence-corrected chi connectivity index (χ0v) is 11.0. The fourth-order valence-electron chi connectivity index (χ4n) is 2.59. The number of hydrogen-bond acceptors (Lipinski definition) is 2. The first-order valence-corrected chi connectivity index (χ1v) is 6.14. The van der Waals surface area contributed by atoms with E-state index in [0.717, 1.165) is 12.5 Å². The molecule has 0 spiro atoms. The molecule has 0 saturated heterocycles. The molecule has 1 fully saturated rings. The standard InChI is InChI=1S/C14H19F2NO/c1-14(2)12(7-13(14)18-3)17-8-9-4-10(15)6-11(16)5-9/h4-6,12-13,17H,7-8H2,1-3H3. The summed E-state index contributed by atoms with van der Waals surface area (Å²) in [5.74, 6) is -1.07. The Morgan fingerprint density at radius 1 is 1.28 bits per heavy atom. The van der Waals surface area contributed by atoms with E-state index in [4.69, 9.17) is 4.74 Å². The van der Waals surface area contributed by atoms with Gasteiger partial charge in [0.2, 0.25) is 0 Å². The fraction of sp³-hybridized carbons (Fsp3) is 0.571. The van der Waals surface area contributed by atoms with Gasteiger partial charge in [-0.2, -0.15) is 0 Å². The molecule has 0 radical (unpaired) electrons. The van der Waals surface area contributed by atoms with E-state index in [-0.39, 0.29) is 11.5 Å². The highest BCUT2D eigenvalue weighted by Gasteiger charge is 2.48. The van der Waals surface area contributed by atoms with Crippen molar-refractivity contribution in [3.8, 4) is 0 Å². The van der Waals surface area contributed by atoms with E-state index in [0.29, 0.717) is 18.2 Å². The van der Waals surface area contributed by atoms with Crippen molar-refractivity contribution in [1.82, 2.24) is 5.32 Å². The summed E-state index contributed by atoms with van der Waals surface area (Å²) < 4.78 is 31.4. The number of benzene rings is 1. The van der Waals surface area contributed by atoms with Crippen LogP contribution >= 0.6 is 0 Å². The van der Waals surface area contributed by atoms with Gasteiger partial charge in [0.1, 0.15) is 11.6 Å². The second kappa shape index (κ2) is 4.94. The molecule has 2 atom stereocenters. The predicted octanol–water partition coefficient (Wildman–Crippen LogP) is 2.87. The average Bonchev–Trinajstić information content (AvgIpc) is 2.26. The van der Waals surface area contributed by atoms with E-state index < -0.39 is 11.6 Å². The van der Waals surface area contributed by atoms with E-state index in [9.17, 15) is 8.78 Å². The molecule has 1 saturated carbocycles. The molecule has 1 aromatic rings. The molecule has 1 N–H and O–H groups in total. The fourth-order valence-corrected chi connectivity index (χ4v) is 2.59. The van der Waals surface area contributed by atoms with Crippen LogP contribution in [0.5, 0.6) is 0 Å². The second-order valence-electron chi connectivity index (χ2n) is 5.49. The third-order valence-electron chi connectivity index (χ3n) is 3.94. The van der Waals surface area contributed by atoms with Crippen molar-refractivity contribution in [3.05, 3.63) is 35.4 Å². The largest absolute Gasteiger partial charge is 0.381 e. The Balaban J connectivity index is 1.93. The van der Waals surface area contributed by atoms with Crippen LogP contribution in [0, 0.1) is 17.0 Å². The summed E-state index contributed by atoms with van der Waals surface area (Å²) in [4.78, 5) is 0. The van der Waals surface area contributed by atoms with Crippen LogP contribution < -0.4 is 5.32 Å². The Morgan fingerprint density at radius 3 is 2.39 bits per heavy atom. The summed E-state index contributed by atoms with van der Waals surface area (Å²) in [5, 5.41) is 3.33. The van der Waals surface area contributed by atoms with E-state index in [1.807, 2.05) is 0 Å². The molecule has 100 valence electrons. The second-order valence-corrected chi connectivity index (χ2v) is 5.49. The van der Waals surface area contributed by atoms with E-state index in [2.05, 4.69) is 19.2 Å². The van der Waals surface area contributed by atoms with E-state index >= 15 is 0 Å². The van der Waals surface area contributed by atoms with Crippen LogP contribution in [0.15, 0.2) is 18.2 Å².